The molecule has 373 valence electrons. The SMILES string of the molecule is NC1CCCCC1N.O=C(C(=O)c1ccccc1)c1ccccc1.[Cl][Fe]([Cl])[Cl].c1ccc(-c2nc3c(nc2-c2ccccc2)CCCC3)cc1.c1ccc(C2=NC3CCCCC3N=C2c2ccccc2)cc1. The molecule has 4 unspecified atom stereocenters. The first kappa shape index (κ1) is 54.2. The summed E-state index contributed by atoms with van der Waals surface area (Å²) in [5.74, 6) is -0.932. The van der Waals surface area contributed by atoms with Crippen LogP contribution >= 0.6 is 30.3 Å². The fourth-order valence-electron chi connectivity index (χ4n) is 9.18. The van der Waals surface area contributed by atoms with Gasteiger partial charge in [0, 0.05) is 45.5 Å². The molecule has 2 saturated carbocycles. The maximum Gasteiger partial charge on any atom is 0.0968 e. The average molecular weight is 1060 g/mol. The fourth-order valence-corrected chi connectivity index (χ4v) is 9.18. The third-order valence-electron chi connectivity index (χ3n) is 13.0. The van der Waals surface area contributed by atoms with Gasteiger partial charge < -0.3 is 11.5 Å². The van der Waals surface area contributed by atoms with Crippen molar-refractivity contribution >= 4 is 53.3 Å². The molecule has 11 rings (SSSR count). The molecule has 1 aromatic heterocycles. The van der Waals surface area contributed by atoms with Crippen molar-refractivity contribution < 1.29 is 20.8 Å². The minimum Gasteiger partial charge on any atom is -0.277 e. The van der Waals surface area contributed by atoms with Crippen molar-refractivity contribution in [1.29, 1.82) is 0 Å². The van der Waals surface area contributed by atoms with Gasteiger partial charge in [0.15, 0.2) is 0 Å². The third-order valence-corrected chi connectivity index (χ3v) is 13.0. The number of carbonyl (C=O) groups excluding carboxylic acids is 2. The molecule has 2 fully saturated rings. The normalized spacial score (nSPS) is 18.8. The summed E-state index contributed by atoms with van der Waals surface area (Å²) in [5, 5.41) is 0. The molecule has 7 aromatic rings. The largest absolute Gasteiger partial charge is 0.277 e. The van der Waals surface area contributed by atoms with Crippen LogP contribution in [0.15, 0.2) is 192 Å². The average Bonchev–Trinajstić information content (AvgIpc) is 3.44. The van der Waals surface area contributed by atoms with E-state index in [9.17, 15) is 9.59 Å². The summed E-state index contributed by atoms with van der Waals surface area (Å²) in [5.41, 5.74) is 23.3. The Morgan fingerprint density at radius 2 is 0.681 bits per heavy atom. The maximum absolute atomic E-state index is 11.8. The molecule has 4 atom stereocenters. The Kier molecular flexibility index (Phi) is 21.5. The summed E-state index contributed by atoms with van der Waals surface area (Å²) in [6.45, 7) is 0. The minimum absolute atomic E-state index is 0.281. The number of carbonyl (C=O) groups is 2. The minimum atomic E-state index is -1.33. The summed E-state index contributed by atoms with van der Waals surface area (Å²) in [6, 6.07) is 60.2. The molecule has 3 aliphatic carbocycles. The van der Waals surface area contributed by atoms with E-state index < -0.39 is 22.7 Å². The zero-order chi connectivity index (χ0) is 50.5. The van der Waals surface area contributed by atoms with Crippen LogP contribution in [0.5, 0.6) is 0 Å². The molecule has 6 aromatic carbocycles. The zero-order valence-electron chi connectivity index (χ0n) is 40.4. The summed E-state index contributed by atoms with van der Waals surface area (Å²) in [4.78, 5) is 43.8. The van der Waals surface area contributed by atoms with Gasteiger partial charge >= 0.3 is 41.5 Å². The van der Waals surface area contributed by atoms with E-state index >= 15 is 0 Å². The molecule has 0 amide bonds. The van der Waals surface area contributed by atoms with Crippen molar-refractivity contribution in [3.05, 3.63) is 216 Å². The number of ketones is 2. The van der Waals surface area contributed by atoms with Crippen LogP contribution in [0.25, 0.3) is 22.5 Å². The molecular weight excluding hydrogens is 999 g/mol. The number of benzene rings is 6. The van der Waals surface area contributed by atoms with Gasteiger partial charge in [-0.25, -0.2) is 9.97 Å². The van der Waals surface area contributed by atoms with Crippen molar-refractivity contribution in [2.45, 2.75) is 101 Å². The first-order valence-electron chi connectivity index (χ1n) is 24.8. The number of Topliss-reactive ketones (excluding diaryl/α,β-unsaturated/α-hetero) is 2. The number of rotatable bonds is 7. The molecule has 0 bridgehead atoms. The van der Waals surface area contributed by atoms with E-state index in [1.54, 1.807) is 48.5 Å². The van der Waals surface area contributed by atoms with Gasteiger partial charge in [-0.3, -0.25) is 19.6 Å². The van der Waals surface area contributed by atoms with Gasteiger partial charge in [-0.05, 0) is 51.4 Å². The van der Waals surface area contributed by atoms with Crippen molar-refractivity contribution in [3.63, 3.8) is 0 Å². The number of nitrogens with two attached hydrogens (primary N) is 2. The standard InChI is InChI=1S/C20H20N2.C20H18N2.C14H10O2.C6H14N2.3ClH.Fe/c2*1-3-9-15(10-4-1)19-20(16-11-5-2-6-12-16)22-18-14-8-7-13-17(18)21-19;15-13(11-7-3-1-4-8-11)14(16)12-9-5-2-6-10-12;7-5-3-1-2-4-6(5)8;;;;/h1-6,9-12,17-18H,7-8,13-14H2;1-6,9-12H,7-8,13-14H2;1-10H;5-6H,1-4,7-8H2;3*1H;/q;;;;;;;+3/p-3. The van der Waals surface area contributed by atoms with Gasteiger partial charge in [-0.1, -0.05) is 208 Å². The molecular formula is C60H62Cl3FeN6O2. The van der Waals surface area contributed by atoms with Crippen molar-refractivity contribution in [1.82, 2.24) is 9.97 Å². The van der Waals surface area contributed by atoms with Gasteiger partial charge in [0.05, 0.1) is 46.3 Å². The Morgan fingerprint density at radius 3 is 0.986 bits per heavy atom. The van der Waals surface area contributed by atoms with E-state index in [0.717, 1.165) is 59.6 Å². The first-order valence-corrected chi connectivity index (χ1v) is 29.4. The fraction of sp³-hybridized carbons (Fsp3) is 0.267. The van der Waals surface area contributed by atoms with Gasteiger partial charge in [0.25, 0.3) is 0 Å². The molecule has 4 N–H and O–H groups in total. The number of fused-ring (bicyclic) bond motifs is 2. The van der Waals surface area contributed by atoms with Crippen molar-refractivity contribution in [2.24, 2.45) is 21.5 Å². The molecule has 8 nitrogen and oxygen atoms in total. The van der Waals surface area contributed by atoms with E-state index in [1.807, 2.05) is 24.3 Å². The van der Waals surface area contributed by atoms with Crippen LogP contribution < -0.4 is 11.5 Å². The van der Waals surface area contributed by atoms with Crippen LogP contribution in [0.3, 0.4) is 0 Å². The predicted molar refractivity (Wildman–Crippen MR) is 295 cm³/mol. The molecule has 0 saturated heterocycles. The van der Waals surface area contributed by atoms with E-state index in [1.165, 1.54) is 73.9 Å². The Morgan fingerprint density at radius 1 is 0.403 bits per heavy atom. The molecule has 72 heavy (non-hydrogen) atoms. The number of aromatic nitrogens is 2. The van der Waals surface area contributed by atoms with E-state index in [0.29, 0.717) is 23.2 Å². The number of halogens is 3. The van der Waals surface area contributed by atoms with E-state index in [-0.39, 0.29) is 12.1 Å². The van der Waals surface area contributed by atoms with E-state index in [4.69, 9.17) is 61.7 Å². The van der Waals surface area contributed by atoms with Gasteiger partial charge in [0.1, 0.15) is 0 Å². The van der Waals surface area contributed by atoms with Gasteiger partial charge in [-0.2, -0.15) is 0 Å². The van der Waals surface area contributed by atoms with Crippen molar-refractivity contribution in [3.8, 4) is 22.5 Å². The summed E-state index contributed by atoms with van der Waals surface area (Å²) in [6.07, 6.45) is 14.3. The van der Waals surface area contributed by atoms with Crippen LogP contribution in [0, 0.1) is 0 Å². The van der Waals surface area contributed by atoms with Crippen LogP contribution in [-0.2, 0) is 24.0 Å². The number of nitrogens with zero attached hydrogens (tertiary/aromatic N) is 4. The topological polar surface area (TPSA) is 137 Å². The first-order chi connectivity index (χ1) is 35.2. The molecule has 4 aliphatic rings. The summed E-state index contributed by atoms with van der Waals surface area (Å²) in [7, 11) is 14.7. The van der Waals surface area contributed by atoms with Gasteiger partial charge in [0.2, 0.25) is 11.6 Å². The second-order valence-corrected chi connectivity index (χ2v) is 23.5. The Balaban J connectivity index is 0.000000144. The number of hydrogen-bond acceptors (Lipinski definition) is 8. The summed E-state index contributed by atoms with van der Waals surface area (Å²) >= 11 is -1.33. The van der Waals surface area contributed by atoms with E-state index in [2.05, 4.69) is 109 Å². The number of aliphatic imine (C=N–C) groups is 2. The van der Waals surface area contributed by atoms with Gasteiger partial charge in [-0.15, -0.1) is 0 Å². The molecule has 0 radical (unpaired) electrons. The predicted octanol–water partition coefficient (Wildman–Crippen LogP) is 14.0. The molecule has 2 heterocycles. The van der Waals surface area contributed by atoms with Crippen LogP contribution in [-0.4, -0.2) is 57.1 Å². The zero-order valence-corrected chi connectivity index (χ0v) is 43.7. The smallest absolute Gasteiger partial charge is 0.0968 e. The second kappa shape index (κ2) is 28.6. The molecule has 12 heteroatoms. The Labute approximate surface area is 442 Å². The monoisotopic (exact) mass is 1060 g/mol. The quantitative estimate of drug-likeness (QED) is 0.0927. The van der Waals surface area contributed by atoms with Crippen molar-refractivity contribution in [2.75, 3.05) is 0 Å². The number of hydrogen-bond donors (Lipinski definition) is 2. The Bertz CT molecular complexity index is 2630. The van der Waals surface area contributed by atoms with Crippen LogP contribution in [0.2, 0.25) is 0 Å². The van der Waals surface area contributed by atoms with Crippen LogP contribution in [0.1, 0.15) is 107 Å². The summed E-state index contributed by atoms with van der Waals surface area (Å²) < 4.78 is 0. The molecule has 1 aliphatic heterocycles. The number of aryl methyl sites for hydroxylation is 2. The Hall–Kier alpha value is -5.61. The molecule has 0 spiro atoms. The second-order valence-electron chi connectivity index (χ2n) is 18.0. The third kappa shape index (κ3) is 15.9. The maximum atomic E-state index is 11.8. The van der Waals surface area contributed by atoms with Crippen LogP contribution in [0.4, 0.5) is 0 Å².